The number of benzene rings is 1. The van der Waals surface area contributed by atoms with Gasteiger partial charge in [0.1, 0.15) is 11.4 Å². The Hall–Kier alpha value is -1.76. The summed E-state index contributed by atoms with van der Waals surface area (Å²) in [6, 6.07) is 9.93. The maximum absolute atomic E-state index is 9.54. The zero-order valence-electron chi connectivity index (χ0n) is 11.5. The molecule has 0 aliphatic rings. The summed E-state index contributed by atoms with van der Waals surface area (Å²) in [4.78, 5) is 0. The number of ether oxygens (including phenoxy) is 1. The number of H-pyrrole nitrogens is 1. The number of aromatic amines is 1. The minimum absolute atomic E-state index is 0.362. The molecule has 20 heavy (non-hydrogen) atoms. The zero-order chi connectivity index (χ0) is 14.2. The van der Waals surface area contributed by atoms with E-state index in [0.717, 1.165) is 17.0 Å². The molecule has 1 heterocycles. The Bertz CT molecular complexity index is 501. The van der Waals surface area contributed by atoms with E-state index in [-0.39, 0.29) is 0 Å². The number of hydrogen-bond donors (Lipinski definition) is 3. The Kier molecular flexibility index (Phi) is 5.67. The van der Waals surface area contributed by atoms with Gasteiger partial charge in [-0.25, -0.2) is 0 Å². The lowest BCUT2D eigenvalue weighted by atomic mass is 10.1. The first kappa shape index (κ1) is 14.6. The molecule has 0 saturated heterocycles. The Morgan fingerprint density at radius 3 is 2.85 bits per heavy atom. The van der Waals surface area contributed by atoms with E-state index >= 15 is 0 Å². The first-order chi connectivity index (χ1) is 9.81. The summed E-state index contributed by atoms with van der Waals surface area (Å²) in [5, 5.41) is 23.8. The highest BCUT2D eigenvalue weighted by atomic mass is 16.5. The number of aliphatic hydroxyl groups is 1. The van der Waals surface area contributed by atoms with E-state index in [0.29, 0.717) is 26.1 Å². The fourth-order valence-corrected chi connectivity index (χ4v) is 1.95. The van der Waals surface area contributed by atoms with Crippen molar-refractivity contribution in [2.75, 3.05) is 20.3 Å². The first-order valence-electron chi connectivity index (χ1n) is 6.64. The van der Waals surface area contributed by atoms with Gasteiger partial charge in [-0.1, -0.05) is 30.3 Å². The second kappa shape index (κ2) is 7.74. The van der Waals surface area contributed by atoms with Gasteiger partial charge in [0.05, 0.1) is 12.7 Å². The molecule has 2 rings (SSSR count). The highest BCUT2D eigenvalue weighted by molar-refractivity contribution is 5.60. The van der Waals surface area contributed by atoms with E-state index in [9.17, 15) is 5.11 Å². The third-order valence-corrected chi connectivity index (χ3v) is 2.97. The molecule has 0 aliphatic heterocycles. The van der Waals surface area contributed by atoms with Gasteiger partial charge in [-0.2, -0.15) is 15.4 Å². The van der Waals surface area contributed by atoms with Crippen LogP contribution in [0.15, 0.2) is 30.3 Å². The number of rotatable bonds is 8. The van der Waals surface area contributed by atoms with E-state index in [1.165, 1.54) is 0 Å². The van der Waals surface area contributed by atoms with Crippen LogP contribution in [-0.2, 0) is 11.3 Å². The first-order valence-corrected chi connectivity index (χ1v) is 6.64. The van der Waals surface area contributed by atoms with Crippen molar-refractivity contribution in [2.45, 2.75) is 19.1 Å². The molecule has 0 bridgehead atoms. The monoisotopic (exact) mass is 276 g/mol. The van der Waals surface area contributed by atoms with E-state index < -0.39 is 6.10 Å². The summed E-state index contributed by atoms with van der Waals surface area (Å²) in [6.07, 6.45) is 0.213. The molecular weight excluding hydrogens is 256 g/mol. The van der Waals surface area contributed by atoms with Crippen molar-refractivity contribution < 1.29 is 9.84 Å². The molecule has 6 heteroatoms. The predicted octanol–water partition coefficient (Wildman–Crippen LogP) is 0.959. The van der Waals surface area contributed by atoms with Crippen LogP contribution in [0.2, 0.25) is 0 Å². The molecule has 1 aromatic carbocycles. The van der Waals surface area contributed by atoms with Crippen molar-refractivity contribution in [3.05, 3.63) is 36.0 Å². The third-order valence-electron chi connectivity index (χ3n) is 2.97. The van der Waals surface area contributed by atoms with Crippen LogP contribution in [-0.4, -0.2) is 46.9 Å². The largest absolute Gasteiger partial charge is 0.391 e. The smallest absolute Gasteiger partial charge is 0.117 e. The molecule has 0 aliphatic carbocycles. The molecule has 3 N–H and O–H groups in total. The lowest BCUT2D eigenvalue weighted by Gasteiger charge is -2.09. The van der Waals surface area contributed by atoms with Crippen LogP contribution in [0.25, 0.3) is 11.3 Å². The second-order valence-electron chi connectivity index (χ2n) is 4.56. The summed E-state index contributed by atoms with van der Waals surface area (Å²) < 4.78 is 4.88. The SMILES string of the molecule is COCC(O)CCNCc1n[nH]nc1-c1ccccc1. The van der Waals surface area contributed by atoms with Crippen LogP contribution < -0.4 is 5.32 Å². The Morgan fingerprint density at radius 1 is 1.30 bits per heavy atom. The molecular formula is C14H20N4O2. The van der Waals surface area contributed by atoms with Gasteiger partial charge in [0.2, 0.25) is 0 Å². The predicted molar refractivity (Wildman–Crippen MR) is 76.0 cm³/mol. The Balaban J connectivity index is 1.84. The standard InChI is InChI=1S/C14H20N4O2/c1-20-10-12(19)7-8-15-9-13-14(17-18-16-13)11-5-3-2-4-6-11/h2-6,12,15,19H,7-10H2,1H3,(H,16,17,18). The van der Waals surface area contributed by atoms with E-state index in [2.05, 4.69) is 20.7 Å². The summed E-state index contributed by atoms with van der Waals surface area (Å²) in [5.74, 6) is 0. The number of hydrogen-bond acceptors (Lipinski definition) is 5. The molecule has 0 radical (unpaired) electrons. The van der Waals surface area contributed by atoms with Gasteiger partial charge in [-0.3, -0.25) is 0 Å². The minimum Gasteiger partial charge on any atom is -0.391 e. The quantitative estimate of drug-likeness (QED) is 0.625. The van der Waals surface area contributed by atoms with E-state index in [4.69, 9.17) is 4.74 Å². The number of nitrogens with one attached hydrogen (secondary N) is 2. The van der Waals surface area contributed by atoms with Gasteiger partial charge in [-0.05, 0) is 13.0 Å². The van der Waals surface area contributed by atoms with E-state index in [1.807, 2.05) is 30.3 Å². The molecule has 1 unspecified atom stereocenters. The van der Waals surface area contributed by atoms with Gasteiger partial charge in [-0.15, -0.1) is 0 Å². The van der Waals surface area contributed by atoms with Crippen LogP contribution in [0.3, 0.4) is 0 Å². The van der Waals surface area contributed by atoms with Crippen LogP contribution in [0.5, 0.6) is 0 Å². The van der Waals surface area contributed by atoms with Crippen molar-refractivity contribution in [3.63, 3.8) is 0 Å². The van der Waals surface area contributed by atoms with Gasteiger partial charge in [0, 0.05) is 19.2 Å². The number of aliphatic hydroxyl groups excluding tert-OH is 1. The summed E-state index contributed by atoms with van der Waals surface area (Å²) in [6.45, 7) is 1.67. The minimum atomic E-state index is -0.432. The highest BCUT2D eigenvalue weighted by Crippen LogP contribution is 2.18. The zero-order valence-corrected chi connectivity index (χ0v) is 11.5. The van der Waals surface area contributed by atoms with Crippen LogP contribution >= 0.6 is 0 Å². The van der Waals surface area contributed by atoms with Gasteiger partial charge >= 0.3 is 0 Å². The van der Waals surface area contributed by atoms with Crippen molar-refractivity contribution >= 4 is 0 Å². The molecule has 2 aromatic rings. The third kappa shape index (κ3) is 4.12. The van der Waals surface area contributed by atoms with Crippen molar-refractivity contribution in [1.82, 2.24) is 20.7 Å². The lowest BCUT2D eigenvalue weighted by Crippen LogP contribution is -2.23. The maximum Gasteiger partial charge on any atom is 0.117 e. The lowest BCUT2D eigenvalue weighted by molar-refractivity contribution is 0.0594. The molecule has 0 amide bonds. The number of nitrogens with zero attached hydrogens (tertiary/aromatic N) is 2. The summed E-state index contributed by atoms with van der Waals surface area (Å²) in [7, 11) is 1.58. The van der Waals surface area contributed by atoms with Gasteiger partial charge in [0.15, 0.2) is 0 Å². The molecule has 0 fully saturated rings. The molecule has 0 saturated carbocycles. The number of aromatic nitrogens is 3. The molecule has 1 atom stereocenters. The topological polar surface area (TPSA) is 83.1 Å². The van der Waals surface area contributed by atoms with Crippen molar-refractivity contribution in [1.29, 1.82) is 0 Å². The fourth-order valence-electron chi connectivity index (χ4n) is 1.95. The second-order valence-corrected chi connectivity index (χ2v) is 4.56. The van der Waals surface area contributed by atoms with Crippen LogP contribution in [0, 0.1) is 0 Å². The summed E-state index contributed by atoms with van der Waals surface area (Å²) >= 11 is 0. The van der Waals surface area contributed by atoms with Gasteiger partial charge in [0.25, 0.3) is 0 Å². The van der Waals surface area contributed by atoms with Crippen molar-refractivity contribution in [2.24, 2.45) is 0 Å². The number of methoxy groups -OCH3 is 1. The molecule has 6 nitrogen and oxygen atoms in total. The highest BCUT2D eigenvalue weighted by Gasteiger charge is 2.09. The molecule has 0 spiro atoms. The van der Waals surface area contributed by atoms with Crippen molar-refractivity contribution in [3.8, 4) is 11.3 Å². The summed E-state index contributed by atoms with van der Waals surface area (Å²) in [5.41, 5.74) is 2.77. The fraction of sp³-hybridized carbons (Fsp3) is 0.429. The van der Waals surface area contributed by atoms with Crippen LogP contribution in [0.4, 0.5) is 0 Å². The average molecular weight is 276 g/mol. The normalized spacial score (nSPS) is 12.5. The molecule has 108 valence electrons. The van der Waals surface area contributed by atoms with Gasteiger partial charge < -0.3 is 15.2 Å². The molecule has 1 aromatic heterocycles. The Morgan fingerprint density at radius 2 is 2.10 bits per heavy atom. The van der Waals surface area contributed by atoms with E-state index in [1.54, 1.807) is 7.11 Å². The van der Waals surface area contributed by atoms with Crippen LogP contribution in [0.1, 0.15) is 12.1 Å². The average Bonchev–Trinajstić information content (AvgIpc) is 2.93. The maximum atomic E-state index is 9.54. The Labute approximate surface area is 118 Å².